The molecule has 0 N–H and O–H groups in total. The first-order chi connectivity index (χ1) is 10.6. The molecule has 0 saturated heterocycles. The maximum Gasteiger partial charge on any atom is 0.337 e. The van der Waals surface area contributed by atoms with Crippen LogP contribution in [0.1, 0.15) is 44.5 Å². The molecule has 1 aromatic rings. The van der Waals surface area contributed by atoms with Crippen molar-refractivity contribution in [2.24, 2.45) is 0 Å². The van der Waals surface area contributed by atoms with Crippen LogP contribution in [0.4, 0.5) is 0 Å². The molecule has 0 spiro atoms. The molecule has 0 saturated carbocycles. The Kier molecular flexibility index (Phi) is 6.83. The molecule has 0 aliphatic carbocycles. The number of carbonyl (C=O) groups is 1. The summed E-state index contributed by atoms with van der Waals surface area (Å²) >= 11 is 0. The Labute approximate surface area is 141 Å². The lowest BCUT2D eigenvalue weighted by Gasteiger charge is -2.37. The fraction of sp³-hybridized carbons (Fsp3) is 0.611. The van der Waals surface area contributed by atoms with E-state index < -0.39 is 8.32 Å². The molecular weight excluding hydrogens is 308 g/mol. The van der Waals surface area contributed by atoms with Gasteiger partial charge in [-0.15, -0.1) is 0 Å². The first kappa shape index (κ1) is 19.7. The van der Waals surface area contributed by atoms with Crippen LogP contribution in [-0.4, -0.2) is 34.1 Å². The molecule has 0 amide bonds. The van der Waals surface area contributed by atoms with Crippen LogP contribution in [0.2, 0.25) is 18.1 Å². The molecule has 1 unspecified atom stereocenters. The number of carbonyl (C=O) groups excluding carboxylic acids is 1. The van der Waals surface area contributed by atoms with Gasteiger partial charge in [0.25, 0.3) is 0 Å². The highest BCUT2D eigenvalue weighted by Gasteiger charge is 2.37. The molecule has 0 radical (unpaired) electrons. The Morgan fingerprint density at radius 3 is 2.17 bits per heavy atom. The number of benzene rings is 1. The van der Waals surface area contributed by atoms with Crippen molar-refractivity contribution in [3.63, 3.8) is 0 Å². The fourth-order valence-electron chi connectivity index (χ4n) is 1.73. The number of methoxy groups -OCH3 is 1. The highest BCUT2D eigenvalue weighted by molar-refractivity contribution is 6.74. The monoisotopic (exact) mass is 338 g/mol. The van der Waals surface area contributed by atoms with E-state index in [0.29, 0.717) is 12.2 Å². The lowest BCUT2D eigenvalue weighted by molar-refractivity contribution is 0.0600. The number of hydrogen-bond acceptors (Lipinski definition) is 4. The molecule has 1 atom stereocenters. The number of rotatable bonds is 7. The highest BCUT2D eigenvalue weighted by Crippen LogP contribution is 2.36. The van der Waals surface area contributed by atoms with Gasteiger partial charge < -0.3 is 13.9 Å². The van der Waals surface area contributed by atoms with Crippen molar-refractivity contribution >= 4 is 14.3 Å². The van der Waals surface area contributed by atoms with E-state index in [9.17, 15) is 4.79 Å². The van der Waals surface area contributed by atoms with Crippen molar-refractivity contribution in [2.45, 2.75) is 58.4 Å². The lowest BCUT2D eigenvalue weighted by atomic mass is 10.2. The normalized spacial score (nSPS) is 13.5. The third-order valence-electron chi connectivity index (χ3n) is 4.47. The Morgan fingerprint density at radius 1 is 1.17 bits per heavy atom. The maximum absolute atomic E-state index is 11.4. The van der Waals surface area contributed by atoms with Crippen LogP contribution in [0.3, 0.4) is 0 Å². The smallest absolute Gasteiger partial charge is 0.337 e. The molecule has 1 aromatic carbocycles. The Balaban J connectivity index is 2.65. The van der Waals surface area contributed by atoms with Crippen molar-refractivity contribution in [3.05, 3.63) is 29.8 Å². The van der Waals surface area contributed by atoms with Crippen molar-refractivity contribution in [2.75, 3.05) is 13.7 Å². The van der Waals surface area contributed by atoms with Gasteiger partial charge in [0.05, 0.1) is 19.3 Å². The molecule has 4 nitrogen and oxygen atoms in total. The summed E-state index contributed by atoms with van der Waals surface area (Å²) in [6.07, 6.45) is 0.876. The van der Waals surface area contributed by atoms with E-state index in [1.54, 1.807) is 24.3 Å². The molecule has 0 aromatic heterocycles. The SMILES string of the molecule is CCC(CO[Si](C)(C)C(C)(C)C)Oc1ccc(C(=O)OC)cc1. The minimum Gasteiger partial charge on any atom is -0.488 e. The van der Waals surface area contributed by atoms with E-state index in [0.717, 1.165) is 12.2 Å². The van der Waals surface area contributed by atoms with Crippen molar-refractivity contribution < 1.29 is 18.7 Å². The number of ether oxygens (including phenoxy) is 2. The lowest BCUT2D eigenvalue weighted by Crippen LogP contribution is -2.43. The van der Waals surface area contributed by atoms with Crippen molar-refractivity contribution in [1.29, 1.82) is 0 Å². The molecule has 0 bridgehead atoms. The standard InChI is InChI=1S/C18H30O4Si/c1-8-15(13-21-23(6,7)18(2,3)4)22-16-11-9-14(10-12-16)17(19)20-5/h9-12,15H,8,13H2,1-7H3. The summed E-state index contributed by atoms with van der Waals surface area (Å²) in [7, 11) is -0.398. The van der Waals surface area contributed by atoms with Crippen LogP contribution < -0.4 is 4.74 Å². The molecule has 1 rings (SSSR count). The predicted octanol–water partition coefficient (Wildman–Crippen LogP) is 4.65. The second-order valence-electron chi connectivity index (χ2n) is 7.24. The van der Waals surface area contributed by atoms with E-state index in [4.69, 9.17) is 13.9 Å². The van der Waals surface area contributed by atoms with Gasteiger partial charge in [-0.05, 0) is 48.8 Å². The number of esters is 1. The number of hydrogen-bond donors (Lipinski definition) is 0. The first-order valence-electron chi connectivity index (χ1n) is 8.09. The predicted molar refractivity (Wildman–Crippen MR) is 95.6 cm³/mol. The van der Waals surface area contributed by atoms with Gasteiger partial charge in [-0.25, -0.2) is 4.79 Å². The van der Waals surface area contributed by atoms with Gasteiger partial charge in [-0.2, -0.15) is 0 Å². The summed E-state index contributed by atoms with van der Waals surface area (Å²) in [5, 5.41) is 0.188. The van der Waals surface area contributed by atoms with E-state index in [1.165, 1.54) is 7.11 Å². The maximum atomic E-state index is 11.4. The molecule has 23 heavy (non-hydrogen) atoms. The van der Waals surface area contributed by atoms with Crippen molar-refractivity contribution in [1.82, 2.24) is 0 Å². The van der Waals surface area contributed by atoms with E-state index in [1.807, 2.05) is 0 Å². The van der Waals surface area contributed by atoms with E-state index in [2.05, 4.69) is 40.8 Å². The molecule has 0 aliphatic rings. The zero-order valence-electron chi connectivity index (χ0n) is 15.4. The first-order valence-corrected chi connectivity index (χ1v) is 11.0. The third kappa shape index (κ3) is 5.66. The largest absolute Gasteiger partial charge is 0.488 e. The third-order valence-corrected chi connectivity index (χ3v) is 8.97. The highest BCUT2D eigenvalue weighted by atomic mass is 28.4. The quantitative estimate of drug-likeness (QED) is 0.536. The van der Waals surface area contributed by atoms with Gasteiger partial charge in [0.2, 0.25) is 0 Å². The Bertz CT molecular complexity index is 503. The Morgan fingerprint density at radius 2 is 1.74 bits per heavy atom. The summed E-state index contributed by atoms with van der Waals surface area (Å²) in [6.45, 7) is 13.8. The minimum atomic E-state index is -1.77. The van der Waals surface area contributed by atoms with Gasteiger partial charge >= 0.3 is 5.97 Å². The van der Waals surface area contributed by atoms with Gasteiger partial charge in [0.1, 0.15) is 11.9 Å². The molecule has 0 fully saturated rings. The molecule has 130 valence electrons. The second kappa shape index (κ2) is 7.97. The van der Waals surface area contributed by atoms with Gasteiger partial charge in [-0.3, -0.25) is 0 Å². The summed E-state index contributed by atoms with van der Waals surface area (Å²) in [5.74, 6) is 0.396. The van der Waals surface area contributed by atoms with Gasteiger partial charge in [0.15, 0.2) is 8.32 Å². The summed E-state index contributed by atoms with van der Waals surface area (Å²) < 4.78 is 16.9. The molecule has 0 aliphatic heterocycles. The average molecular weight is 339 g/mol. The fourth-order valence-corrected chi connectivity index (χ4v) is 2.77. The topological polar surface area (TPSA) is 44.8 Å². The van der Waals surface area contributed by atoms with Crippen LogP contribution in [0.25, 0.3) is 0 Å². The van der Waals surface area contributed by atoms with Crippen LogP contribution in [0, 0.1) is 0 Å². The van der Waals surface area contributed by atoms with Crippen LogP contribution in [0.15, 0.2) is 24.3 Å². The molecule has 0 heterocycles. The summed E-state index contributed by atoms with van der Waals surface area (Å²) in [5.41, 5.74) is 0.519. The minimum absolute atomic E-state index is 0.00750. The Hall–Kier alpha value is -1.33. The van der Waals surface area contributed by atoms with E-state index in [-0.39, 0.29) is 17.1 Å². The zero-order chi connectivity index (χ0) is 17.7. The van der Waals surface area contributed by atoms with Crippen LogP contribution in [0.5, 0.6) is 5.75 Å². The van der Waals surface area contributed by atoms with Crippen LogP contribution in [-0.2, 0) is 9.16 Å². The average Bonchev–Trinajstić information content (AvgIpc) is 2.50. The van der Waals surface area contributed by atoms with Gasteiger partial charge in [-0.1, -0.05) is 27.7 Å². The molecule has 5 heteroatoms. The van der Waals surface area contributed by atoms with Crippen molar-refractivity contribution in [3.8, 4) is 5.75 Å². The summed E-state index contributed by atoms with van der Waals surface area (Å²) in [6, 6.07) is 7.01. The van der Waals surface area contributed by atoms with Crippen LogP contribution >= 0.6 is 0 Å². The second-order valence-corrected chi connectivity index (χ2v) is 12.0. The van der Waals surface area contributed by atoms with E-state index >= 15 is 0 Å². The van der Waals surface area contributed by atoms with Gasteiger partial charge in [0, 0.05) is 0 Å². The zero-order valence-corrected chi connectivity index (χ0v) is 16.4. The summed E-state index contributed by atoms with van der Waals surface area (Å²) in [4.78, 5) is 11.4. The molecular formula is C18H30O4Si.